The Morgan fingerprint density at radius 1 is 1.08 bits per heavy atom. The molecule has 1 saturated heterocycles. The third kappa shape index (κ3) is 4.92. The number of nitrogens with zero attached hydrogens (tertiary/aromatic N) is 1. The van der Waals surface area contributed by atoms with Crippen molar-refractivity contribution in [1.82, 2.24) is 4.90 Å². The number of para-hydroxylation sites is 1. The van der Waals surface area contributed by atoms with Gasteiger partial charge in [0.1, 0.15) is 5.75 Å². The highest BCUT2D eigenvalue weighted by molar-refractivity contribution is 7.98. The predicted molar refractivity (Wildman–Crippen MR) is 103 cm³/mol. The van der Waals surface area contributed by atoms with Crippen LogP contribution >= 0.6 is 11.8 Å². The smallest absolute Gasteiger partial charge is 0.118 e. The van der Waals surface area contributed by atoms with Crippen molar-refractivity contribution in [3.05, 3.63) is 54.1 Å². The summed E-state index contributed by atoms with van der Waals surface area (Å²) >= 11 is 1.88. The molecule has 1 heterocycles. The zero-order valence-corrected chi connectivity index (χ0v) is 15.1. The average molecular weight is 345 g/mol. The van der Waals surface area contributed by atoms with Crippen LogP contribution in [0.5, 0.6) is 5.75 Å². The fourth-order valence-electron chi connectivity index (χ4n) is 2.98. The summed E-state index contributed by atoms with van der Waals surface area (Å²) in [5.41, 5.74) is 2.56. The van der Waals surface area contributed by atoms with Crippen molar-refractivity contribution >= 4 is 17.4 Å². The van der Waals surface area contributed by atoms with Crippen molar-refractivity contribution in [2.24, 2.45) is 0 Å². The second-order valence-corrected chi connectivity index (χ2v) is 7.13. The molecular formula is C20H26N2OS. The number of likely N-dealkylation sites (tertiary alicyclic amines) is 1. The highest BCUT2D eigenvalue weighted by Crippen LogP contribution is 2.30. The highest BCUT2D eigenvalue weighted by atomic mass is 32.2. The summed E-state index contributed by atoms with van der Waals surface area (Å²) in [5.74, 6) is 1.88. The van der Waals surface area contributed by atoms with Gasteiger partial charge in [-0.15, -0.1) is 11.8 Å². The lowest BCUT2D eigenvalue weighted by Gasteiger charge is -2.17. The molecule has 1 fully saturated rings. The number of hydrogen-bond acceptors (Lipinski definition) is 4. The van der Waals surface area contributed by atoms with Crippen LogP contribution in [0.4, 0.5) is 5.69 Å². The van der Waals surface area contributed by atoms with Gasteiger partial charge in [0, 0.05) is 29.4 Å². The van der Waals surface area contributed by atoms with E-state index in [0.717, 1.165) is 24.6 Å². The zero-order chi connectivity index (χ0) is 16.6. The first-order valence-electron chi connectivity index (χ1n) is 8.66. The molecule has 4 heteroatoms. The minimum atomic E-state index is 0.910. The summed E-state index contributed by atoms with van der Waals surface area (Å²) in [6.45, 7) is 4.67. The molecule has 2 aromatic carbocycles. The first-order valence-corrected chi connectivity index (χ1v) is 9.65. The van der Waals surface area contributed by atoms with Gasteiger partial charge >= 0.3 is 0 Å². The molecule has 0 atom stereocenters. The van der Waals surface area contributed by atoms with E-state index in [-0.39, 0.29) is 0 Å². The summed E-state index contributed by atoms with van der Waals surface area (Å²) in [6, 6.07) is 16.9. The normalized spacial score (nSPS) is 14.7. The van der Waals surface area contributed by atoms with E-state index in [1.807, 2.05) is 23.9 Å². The molecular weight excluding hydrogens is 318 g/mol. The Labute approximate surface area is 149 Å². The van der Waals surface area contributed by atoms with Crippen LogP contribution in [-0.2, 0) is 5.75 Å². The Bertz CT molecular complexity index is 624. The second kappa shape index (κ2) is 9.00. The summed E-state index contributed by atoms with van der Waals surface area (Å²) in [4.78, 5) is 3.86. The summed E-state index contributed by atoms with van der Waals surface area (Å²) < 4.78 is 5.22. The fraction of sp³-hybridized carbons (Fsp3) is 0.400. The lowest BCUT2D eigenvalue weighted by Crippen LogP contribution is -2.26. The molecule has 128 valence electrons. The summed E-state index contributed by atoms with van der Waals surface area (Å²) in [5, 5.41) is 3.61. The van der Waals surface area contributed by atoms with E-state index in [2.05, 4.69) is 46.6 Å². The first-order chi connectivity index (χ1) is 11.8. The Kier molecular flexibility index (Phi) is 6.44. The van der Waals surface area contributed by atoms with Crippen molar-refractivity contribution in [2.45, 2.75) is 23.5 Å². The Balaban J connectivity index is 1.52. The van der Waals surface area contributed by atoms with Crippen molar-refractivity contribution in [3.8, 4) is 5.75 Å². The van der Waals surface area contributed by atoms with Crippen LogP contribution in [0.25, 0.3) is 0 Å². The quantitative estimate of drug-likeness (QED) is 0.713. The van der Waals surface area contributed by atoms with Crippen LogP contribution in [0.1, 0.15) is 18.4 Å². The number of thioether (sulfide) groups is 1. The molecule has 3 nitrogen and oxygen atoms in total. The molecule has 1 aliphatic heterocycles. The van der Waals surface area contributed by atoms with Gasteiger partial charge in [0.25, 0.3) is 0 Å². The first kappa shape index (κ1) is 17.2. The van der Waals surface area contributed by atoms with Crippen molar-refractivity contribution in [1.29, 1.82) is 0 Å². The van der Waals surface area contributed by atoms with Crippen LogP contribution in [0, 0.1) is 0 Å². The maximum absolute atomic E-state index is 5.22. The Morgan fingerprint density at radius 2 is 1.83 bits per heavy atom. The molecule has 0 amide bonds. The van der Waals surface area contributed by atoms with Gasteiger partial charge in [-0.2, -0.15) is 0 Å². The monoisotopic (exact) mass is 344 g/mol. The van der Waals surface area contributed by atoms with Gasteiger partial charge < -0.3 is 15.0 Å². The lowest BCUT2D eigenvalue weighted by atomic mass is 10.3. The zero-order valence-electron chi connectivity index (χ0n) is 14.3. The van der Waals surface area contributed by atoms with Gasteiger partial charge in [0.05, 0.1) is 7.11 Å². The number of ether oxygens (including phenoxy) is 1. The molecule has 2 aromatic rings. The van der Waals surface area contributed by atoms with Gasteiger partial charge in [-0.05, 0) is 55.8 Å². The molecule has 0 aromatic heterocycles. The number of nitrogens with one attached hydrogen (secondary N) is 1. The van der Waals surface area contributed by atoms with E-state index >= 15 is 0 Å². The molecule has 24 heavy (non-hydrogen) atoms. The molecule has 0 saturated carbocycles. The standard InChI is InChI=1S/C20H26N2OS/c1-23-18-10-8-17(9-11-18)16-24-20-7-3-2-6-19(20)21-12-15-22-13-4-5-14-22/h2-3,6-11,21H,4-5,12-16H2,1H3/i16+2. The van der Waals surface area contributed by atoms with E-state index in [4.69, 9.17) is 4.74 Å². The van der Waals surface area contributed by atoms with Crippen LogP contribution in [0.3, 0.4) is 0 Å². The third-order valence-corrected chi connectivity index (χ3v) is 5.53. The number of anilines is 1. The minimum Gasteiger partial charge on any atom is -0.497 e. The van der Waals surface area contributed by atoms with Gasteiger partial charge in [-0.1, -0.05) is 24.3 Å². The topological polar surface area (TPSA) is 24.5 Å². The van der Waals surface area contributed by atoms with Gasteiger partial charge in [-0.3, -0.25) is 0 Å². The second-order valence-electron chi connectivity index (χ2n) is 6.11. The number of benzene rings is 2. The molecule has 0 aliphatic carbocycles. The number of rotatable bonds is 8. The predicted octanol–water partition coefficient (Wildman–Crippen LogP) is 4.50. The largest absolute Gasteiger partial charge is 0.497 e. The maximum atomic E-state index is 5.22. The van der Waals surface area contributed by atoms with Gasteiger partial charge in [-0.25, -0.2) is 0 Å². The SMILES string of the molecule is COc1ccc([14CH2]Sc2ccccc2NCCN2CCCC2)cc1. The third-order valence-electron chi connectivity index (χ3n) is 4.38. The van der Waals surface area contributed by atoms with Crippen LogP contribution < -0.4 is 10.1 Å². The van der Waals surface area contributed by atoms with E-state index in [9.17, 15) is 0 Å². The summed E-state index contributed by atoms with van der Waals surface area (Å²) in [6.07, 6.45) is 2.71. The van der Waals surface area contributed by atoms with Gasteiger partial charge in [0.15, 0.2) is 0 Å². The average Bonchev–Trinajstić information content (AvgIpc) is 3.15. The van der Waals surface area contributed by atoms with E-state index < -0.39 is 0 Å². The lowest BCUT2D eigenvalue weighted by molar-refractivity contribution is 0.352. The van der Waals surface area contributed by atoms with E-state index in [1.165, 1.54) is 42.1 Å². The van der Waals surface area contributed by atoms with Crippen LogP contribution in [0.15, 0.2) is 53.4 Å². The number of hydrogen-bond donors (Lipinski definition) is 1. The van der Waals surface area contributed by atoms with Crippen LogP contribution in [0.2, 0.25) is 0 Å². The van der Waals surface area contributed by atoms with E-state index in [1.54, 1.807) is 7.11 Å². The number of methoxy groups -OCH3 is 1. The van der Waals surface area contributed by atoms with Gasteiger partial charge in [0.2, 0.25) is 0 Å². The highest BCUT2D eigenvalue weighted by Gasteiger charge is 2.10. The molecule has 3 rings (SSSR count). The van der Waals surface area contributed by atoms with E-state index in [0.29, 0.717) is 0 Å². The molecule has 0 bridgehead atoms. The fourth-order valence-corrected chi connectivity index (χ4v) is 3.96. The molecule has 0 unspecified atom stereocenters. The van der Waals surface area contributed by atoms with Crippen LogP contribution in [-0.4, -0.2) is 38.2 Å². The molecule has 0 spiro atoms. The summed E-state index contributed by atoms with van der Waals surface area (Å²) in [7, 11) is 1.70. The van der Waals surface area contributed by atoms with Crippen molar-refractivity contribution in [3.63, 3.8) is 0 Å². The molecule has 1 aliphatic rings. The Hall–Kier alpha value is -1.65. The van der Waals surface area contributed by atoms with Crippen molar-refractivity contribution < 1.29 is 4.74 Å². The molecule has 1 N–H and O–H groups in total. The van der Waals surface area contributed by atoms with Crippen molar-refractivity contribution in [2.75, 3.05) is 38.6 Å². The minimum absolute atomic E-state index is 0.910. The Morgan fingerprint density at radius 3 is 2.58 bits per heavy atom. The maximum Gasteiger partial charge on any atom is 0.118 e. The molecule has 0 radical (unpaired) electrons.